The Morgan fingerprint density at radius 2 is 1.14 bits per heavy atom. The molecule has 1 radical (unpaired) electrons. The summed E-state index contributed by atoms with van der Waals surface area (Å²) < 4.78 is 31.6. The second-order valence-corrected chi connectivity index (χ2v) is 1.34. The van der Waals surface area contributed by atoms with Gasteiger partial charge < -0.3 is 6.15 Å². The second-order valence-electron chi connectivity index (χ2n) is 0.448. The van der Waals surface area contributed by atoms with Gasteiger partial charge in [-0.15, -0.1) is 0 Å². The number of hydrogen-bond acceptors (Lipinski definition) is 3. The van der Waals surface area contributed by atoms with Crippen molar-refractivity contribution in [1.29, 1.82) is 0 Å². The number of rotatable bonds is 0. The van der Waals surface area contributed by atoms with Crippen LogP contribution in [0.5, 0.6) is 0 Å². The molecule has 5 N–H and O–H groups in total. The molecule has 0 heterocycles. The predicted octanol–water partition coefficient (Wildman–Crippen LogP) is -0.491. The SMILES string of the molecule is N.O=S(=O)(O)O.[Lu]. The zero-order chi connectivity index (χ0) is 4.50. The summed E-state index contributed by atoms with van der Waals surface area (Å²) in [6.45, 7) is 0. The van der Waals surface area contributed by atoms with E-state index >= 15 is 0 Å². The van der Waals surface area contributed by atoms with Crippen LogP contribution in [-0.2, 0) is 10.4 Å². The van der Waals surface area contributed by atoms with Crippen molar-refractivity contribution in [3.8, 4) is 0 Å². The topological polar surface area (TPSA) is 110 Å². The minimum Gasteiger partial charge on any atom is -0.344 e. The van der Waals surface area contributed by atoms with Crippen LogP contribution in [0.1, 0.15) is 0 Å². The third kappa shape index (κ3) is 160. The third-order valence-electron chi connectivity index (χ3n) is 0. The molecule has 0 aliphatic heterocycles. The molecule has 0 fully saturated rings. The van der Waals surface area contributed by atoms with Gasteiger partial charge in [-0.1, -0.05) is 0 Å². The zero-order valence-electron chi connectivity index (χ0n) is 3.08. The maximum Gasteiger partial charge on any atom is 0.394 e. The largest absolute Gasteiger partial charge is 0.394 e. The van der Waals surface area contributed by atoms with Crippen LogP contribution in [0.2, 0.25) is 0 Å². The van der Waals surface area contributed by atoms with Crippen LogP contribution in [0.4, 0.5) is 0 Å². The van der Waals surface area contributed by atoms with E-state index in [1.165, 1.54) is 0 Å². The van der Waals surface area contributed by atoms with E-state index in [4.69, 9.17) is 17.5 Å². The zero-order valence-corrected chi connectivity index (χ0v) is 5.56. The molecule has 5 nitrogen and oxygen atoms in total. The van der Waals surface area contributed by atoms with Crippen LogP contribution in [0.3, 0.4) is 0 Å². The molecule has 0 aromatic heterocycles. The van der Waals surface area contributed by atoms with Crippen LogP contribution in [0.15, 0.2) is 0 Å². The van der Waals surface area contributed by atoms with Crippen molar-refractivity contribution in [1.82, 2.24) is 6.15 Å². The Morgan fingerprint density at radius 3 is 1.14 bits per heavy atom. The van der Waals surface area contributed by atoms with E-state index in [1.807, 2.05) is 0 Å². The van der Waals surface area contributed by atoms with E-state index in [1.54, 1.807) is 0 Å². The van der Waals surface area contributed by atoms with E-state index in [-0.39, 0.29) is 43.0 Å². The molecular weight excluding hydrogens is 285 g/mol. The Kier molecular flexibility index (Phi) is 11.7. The molecule has 0 rings (SSSR count). The van der Waals surface area contributed by atoms with Gasteiger partial charge in [-0.25, -0.2) is 0 Å². The van der Waals surface area contributed by atoms with Crippen LogP contribution in [0, 0.1) is 36.9 Å². The molecule has 0 aliphatic rings. The maximum absolute atomic E-state index is 8.74. The van der Waals surface area contributed by atoms with Crippen molar-refractivity contribution in [3.05, 3.63) is 0 Å². The van der Waals surface area contributed by atoms with Crippen molar-refractivity contribution in [3.63, 3.8) is 0 Å². The van der Waals surface area contributed by atoms with Gasteiger partial charge in [0.15, 0.2) is 0 Å². The molecule has 55 valence electrons. The average molecular weight is 290 g/mol. The molecule has 0 saturated heterocycles. The monoisotopic (exact) mass is 290 g/mol. The Bertz CT molecular complexity index is 94.9. The first-order valence-electron chi connectivity index (χ1n) is 0.698. The van der Waals surface area contributed by atoms with Gasteiger partial charge in [0.25, 0.3) is 0 Å². The Balaban J connectivity index is -0.0000000800. The molecule has 0 aromatic rings. The van der Waals surface area contributed by atoms with Gasteiger partial charge in [-0.2, -0.15) is 8.42 Å². The predicted molar refractivity (Wildman–Crippen MR) is 19.2 cm³/mol. The van der Waals surface area contributed by atoms with Gasteiger partial charge in [0.1, 0.15) is 0 Å². The summed E-state index contributed by atoms with van der Waals surface area (Å²) in [5, 5.41) is 0. The van der Waals surface area contributed by atoms with E-state index in [0.29, 0.717) is 0 Å². The molecule has 0 unspecified atom stereocenters. The first-order valence-corrected chi connectivity index (χ1v) is 2.10. The average Bonchev–Trinajstić information content (AvgIpc) is 0.722. The molecule has 0 bridgehead atoms. The molecule has 0 aliphatic carbocycles. The summed E-state index contributed by atoms with van der Waals surface area (Å²) in [6.07, 6.45) is 0. The van der Waals surface area contributed by atoms with Crippen molar-refractivity contribution in [2.75, 3.05) is 0 Å². The van der Waals surface area contributed by atoms with Gasteiger partial charge in [0.2, 0.25) is 0 Å². The summed E-state index contributed by atoms with van der Waals surface area (Å²) in [4.78, 5) is 0. The van der Waals surface area contributed by atoms with Gasteiger partial charge >= 0.3 is 10.4 Å². The fraction of sp³-hybridized carbons (Fsp3) is 0. The van der Waals surface area contributed by atoms with Crippen molar-refractivity contribution < 1.29 is 54.4 Å². The minimum atomic E-state index is -4.67. The van der Waals surface area contributed by atoms with Crippen LogP contribution < -0.4 is 6.15 Å². The van der Waals surface area contributed by atoms with Crippen molar-refractivity contribution in [2.45, 2.75) is 0 Å². The van der Waals surface area contributed by atoms with Gasteiger partial charge in [-0.05, 0) is 0 Å². The standard InChI is InChI=1S/Lu.H3N.H2O4S/c;;1-5(2,3)4/h;1H3;(H2,1,2,3,4). The van der Waals surface area contributed by atoms with E-state index in [9.17, 15) is 0 Å². The van der Waals surface area contributed by atoms with E-state index < -0.39 is 10.4 Å². The molecule has 0 atom stereocenters. The molecule has 7 heteroatoms. The Hall–Kier alpha value is 1.06. The van der Waals surface area contributed by atoms with E-state index in [0.717, 1.165) is 0 Å². The molecule has 0 spiro atoms. The summed E-state index contributed by atoms with van der Waals surface area (Å²) in [5.74, 6) is 0. The van der Waals surface area contributed by atoms with Crippen molar-refractivity contribution >= 4 is 10.4 Å². The van der Waals surface area contributed by atoms with Gasteiger partial charge in [-0.3, -0.25) is 9.11 Å². The molecule has 7 heavy (non-hydrogen) atoms. The van der Waals surface area contributed by atoms with Crippen molar-refractivity contribution in [2.24, 2.45) is 0 Å². The third-order valence-corrected chi connectivity index (χ3v) is 0. The first-order chi connectivity index (χ1) is 2.00. The molecule has 0 aromatic carbocycles. The quantitative estimate of drug-likeness (QED) is 0.521. The number of hydrogen-bond donors (Lipinski definition) is 3. The molecule has 0 saturated carbocycles. The maximum atomic E-state index is 8.74. The van der Waals surface area contributed by atoms with Crippen LogP contribution in [0.25, 0.3) is 0 Å². The summed E-state index contributed by atoms with van der Waals surface area (Å²) in [6, 6.07) is 0. The van der Waals surface area contributed by atoms with Crippen LogP contribution in [-0.4, -0.2) is 17.5 Å². The fourth-order valence-electron chi connectivity index (χ4n) is 0. The summed E-state index contributed by atoms with van der Waals surface area (Å²) in [7, 11) is -4.67. The normalized spacial score (nSPS) is 8.29. The Labute approximate surface area is 70.4 Å². The summed E-state index contributed by atoms with van der Waals surface area (Å²) >= 11 is 0. The molecule has 0 amide bonds. The van der Waals surface area contributed by atoms with Gasteiger partial charge in [0.05, 0.1) is 0 Å². The van der Waals surface area contributed by atoms with Gasteiger partial charge in [0, 0.05) is 36.9 Å². The smallest absolute Gasteiger partial charge is 0.344 e. The Morgan fingerprint density at radius 1 is 1.14 bits per heavy atom. The summed E-state index contributed by atoms with van der Waals surface area (Å²) in [5.41, 5.74) is 0. The first kappa shape index (κ1) is 15.7. The minimum absolute atomic E-state index is 0. The fourth-order valence-corrected chi connectivity index (χ4v) is 0. The van der Waals surface area contributed by atoms with E-state index in [2.05, 4.69) is 0 Å². The van der Waals surface area contributed by atoms with Crippen LogP contribution >= 0.6 is 0 Å². The molecular formula is H5LuNO4S. The second kappa shape index (κ2) is 5.21.